The van der Waals surface area contributed by atoms with Crippen LogP contribution >= 0.6 is 0 Å². The highest BCUT2D eigenvalue weighted by molar-refractivity contribution is 5.82. The van der Waals surface area contributed by atoms with E-state index in [-0.39, 0.29) is 5.56 Å². The van der Waals surface area contributed by atoms with Gasteiger partial charge < -0.3 is 13.8 Å². The van der Waals surface area contributed by atoms with Crippen molar-refractivity contribution in [2.75, 3.05) is 7.11 Å². The third-order valence-electron chi connectivity index (χ3n) is 4.14. The second kappa shape index (κ2) is 6.28. The fraction of sp³-hybridized carbons (Fsp3) is 0.100. The minimum atomic E-state index is -0.0827. The molecule has 0 fully saturated rings. The van der Waals surface area contributed by atoms with E-state index >= 15 is 0 Å². The predicted molar refractivity (Wildman–Crippen MR) is 95.8 cm³/mol. The summed E-state index contributed by atoms with van der Waals surface area (Å²) in [5.41, 5.74) is 1.57. The van der Waals surface area contributed by atoms with E-state index in [1.54, 1.807) is 23.9 Å². The van der Waals surface area contributed by atoms with Crippen LogP contribution < -0.4 is 10.3 Å². The molecule has 5 heteroatoms. The minimum Gasteiger partial charge on any atom is -0.497 e. The van der Waals surface area contributed by atoms with Crippen LogP contribution in [0.15, 0.2) is 76.2 Å². The van der Waals surface area contributed by atoms with E-state index in [1.807, 2.05) is 54.6 Å². The third kappa shape index (κ3) is 2.92. The Hall–Kier alpha value is -3.34. The maximum Gasteiger partial charge on any atom is 0.258 e. The van der Waals surface area contributed by atoms with Crippen LogP contribution in [0.3, 0.4) is 0 Å². The van der Waals surface area contributed by atoms with Gasteiger partial charge in [0.1, 0.15) is 11.4 Å². The van der Waals surface area contributed by atoms with Gasteiger partial charge in [0, 0.05) is 17.8 Å². The number of ether oxygens (including phenoxy) is 1. The average molecular weight is 332 g/mol. The van der Waals surface area contributed by atoms with Gasteiger partial charge in [-0.15, -0.1) is 0 Å². The summed E-state index contributed by atoms with van der Waals surface area (Å²) in [4.78, 5) is 12.7. The Balaban J connectivity index is 1.68. The van der Waals surface area contributed by atoms with E-state index in [4.69, 9.17) is 9.26 Å². The van der Waals surface area contributed by atoms with Gasteiger partial charge in [-0.25, -0.2) is 0 Å². The first-order valence-corrected chi connectivity index (χ1v) is 7.93. The van der Waals surface area contributed by atoms with Crippen LogP contribution in [0.4, 0.5) is 0 Å². The van der Waals surface area contributed by atoms with Crippen molar-refractivity contribution in [3.05, 3.63) is 82.9 Å². The molecule has 0 amide bonds. The zero-order chi connectivity index (χ0) is 17.2. The quantitative estimate of drug-likeness (QED) is 0.571. The Morgan fingerprint density at radius 3 is 2.72 bits per heavy atom. The smallest absolute Gasteiger partial charge is 0.258 e. The molecular weight excluding hydrogens is 316 g/mol. The molecule has 0 aliphatic heterocycles. The van der Waals surface area contributed by atoms with Crippen molar-refractivity contribution in [1.82, 2.24) is 9.72 Å². The zero-order valence-electron chi connectivity index (χ0n) is 13.7. The van der Waals surface area contributed by atoms with Gasteiger partial charge in [-0.05, 0) is 23.6 Å². The predicted octanol–water partition coefficient (Wildman–Crippen LogP) is 3.71. The minimum absolute atomic E-state index is 0.0827. The number of nitrogens with zero attached hydrogens (tertiary/aromatic N) is 2. The number of hydrogen-bond donors (Lipinski definition) is 0. The van der Waals surface area contributed by atoms with Crippen LogP contribution in [0, 0.1) is 0 Å². The molecule has 4 aromatic rings. The van der Waals surface area contributed by atoms with Gasteiger partial charge in [0.05, 0.1) is 19.0 Å². The largest absolute Gasteiger partial charge is 0.497 e. The standard InChI is InChI=1S/C20H16N2O3/c1-24-17-8-7-14-9-10-22(20(23)18(14)12-17)13-16-11-19(25-21-16)15-5-3-2-4-6-15/h2-12H,13H2,1H3. The first-order valence-electron chi connectivity index (χ1n) is 7.93. The van der Waals surface area contributed by atoms with E-state index in [1.165, 1.54) is 0 Å². The molecule has 2 aromatic carbocycles. The molecule has 4 rings (SSSR count). The van der Waals surface area contributed by atoms with Crippen LogP contribution in [0.25, 0.3) is 22.1 Å². The molecule has 2 heterocycles. The molecule has 0 saturated carbocycles. The lowest BCUT2D eigenvalue weighted by molar-refractivity contribution is 0.415. The molecule has 124 valence electrons. The van der Waals surface area contributed by atoms with Gasteiger partial charge in [0.15, 0.2) is 5.76 Å². The molecule has 0 radical (unpaired) electrons. The summed E-state index contributed by atoms with van der Waals surface area (Å²) in [5.74, 6) is 1.35. The highest BCUT2D eigenvalue weighted by Crippen LogP contribution is 2.21. The molecule has 0 atom stereocenters. The van der Waals surface area contributed by atoms with Gasteiger partial charge in [0.2, 0.25) is 0 Å². The monoisotopic (exact) mass is 332 g/mol. The molecule has 0 spiro atoms. The molecule has 0 aliphatic carbocycles. The first kappa shape index (κ1) is 15.2. The van der Waals surface area contributed by atoms with E-state index < -0.39 is 0 Å². The average Bonchev–Trinajstić information content (AvgIpc) is 3.13. The zero-order valence-corrected chi connectivity index (χ0v) is 13.7. The lowest BCUT2D eigenvalue weighted by atomic mass is 10.1. The van der Waals surface area contributed by atoms with Crippen LogP contribution in [-0.4, -0.2) is 16.8 Å². The second-order valence-corrected chi connectivity index (χ2v) is 5.75. The fourth-order valence-corrected chi connectivity index (χ4v) is 2.81. The molecule has 0 aliphatic rings. The van der Waals surface area contributed by atoms with Gasteiger partial charge in [0.25, 0.3) is 5.56 Å². The van der Waals surface area contributed by atoms with E-state index in [0.29, 0.717) is 29.1 Å². The highest BCUT2D eigenvalue weighted by atomic mass is 16.5. The maximum absolute atomic E-state index is 12.7. The number of pyridine rings is 1. The van der Waals surface area contributed by atoms with Crippen LogP contribution in [0.1, 0.15) is 5.69 Å². The summed E-state index contributed by atoms with van der Waals surface area (Å²) < 4.78 is 12.2. The van der Waals surface area contributed by atoms with E-state index in [0.717, 1.165) is 10.9 Å². The number of methoxy groups -OCH3 is 1. The summed E-state index contributed by atoms with van der Waals surface area (Å²) in [6, 6.07) is 19.0. The lowest BCUT2D eigenvalue weighted by Gasteiger charge is -2.06. The Bertz CT molecular complexity index is 1080. The molecule has 0 unspecified atom stereocenters. The van der Waals surface area contributed by atoms with Gasteiger partial charge in [-0.1, -0.05) is 41.6 Å². The van der Waals surface area contributed by atoms with E-state index in [2.05, 4.69) is 5.16 Å². The summed E-state index contributed by atoms with van der Waals surface area (Å²) in [7, 11) is 1.59. The summed E-state index contributed by atoms with van der Waals surface area (Å²) in [6.07, 6.45) is 1.77. The van der Waals surface area contributed by atoms with Gasteiger partial charge >= 0.3 is 0 Å². The van der Waals surface area contributed by atoms with Crippen molar-refractivity contribution in [2.24, 2.45) is 0 Å². The van der Waals surface area contributed by atoms with Crippen LogP contribution in [0.5, 0.6) is 5.75 Å². The first-order chi connectivity index (χ1) is 12.2. The molecule has 0 N–H and O–H groups in total. The third-order valence-corrected chi connectivity index (χ3v) is 4.14. The highest BCUT2D eigenvalue weighted by Gasteiger charge is 2.09. The maximum atomic E-state index is 12.7. The molecule has 0 saturated heterocycles. The van der Waals surface area contributed by atoms with Crippen molar-refractivity contribution in [3.8, 4) is 17.1 Å². The van der Waals surface area contributed by atoms with Crippen molar-refractivity contribution >= 4 is 10.8 Å². The van der Waals surface area contributed by atoms with E-state index in [9.17, 15) is 4.79 Å². The van der Waals surface area contributed by atoms with Gasteiger partial charge in [-0.3, -0.25) is 4.79 Å². The second-order valence-electron chi connectivity index (χ2n) is 5.75. The number of aromatic nitrogens is 2. The van der Waals surface area contributed by atoms with Crippen molar-refractivity contribution in [2.45, 2.75) is 6.54 Å². The molecule has 2 aromatic heterocycles. The van der Waals surface area contributed by atoms with Crippen LogP contribution in [0.2, 0.25) is 0 Å². The molecule has 5 nitrogen and oxygen atoms in total. The topological polar surface area (TPSA) is 57.3 Å². The van der Waals surface area contributed by atoms with Gasteiger partial charge in [-0.2, -0.15) is 0 Å². The summed E-state index contributed by atoms with van der Waals surface area (Å²) in [6.45, 7) is 0.350. The SMILES string of the molecule is COc1ccc2ccn(Cc3cc(-c4ccccc4)on3)c(=O)c2c1. The Kier molecular flexibility index (Phi) is 3.82. The normalized spacial score (nSPS) is 10.9. The summed E-state index contributed by atoms with van der Waals surface area (Å²) in [5, 5.41) is 5.58. The number of benzene rings is 2. The molecule has 0 bridgehead atoms. The number of hydrogen-bond acceptors (Lipinski definition) is 4. The Morgan fingerprint density at radius 2 is 1.92 bits per heavy atom. The number of fused-ring (bicyclic) bond motifs is 1. The van der Waals surface area contributed by atoms with Crippen molar-refractivity contribution < 1.29 is 9.26 Å². The lowest BCUT2D eigenvalue weighted by Crippen LogP contribution is -2.20. The summed E-state index contributed by atoms with van der Waals surface area (Å²) >= 11 is 0. The fourth-order valence-electron chi connectivity index (χ4n) is 2.81. The molecular formula is C20H16N2O3. The van der Waals surface area contributed by atoms with Crippen molar-refractivity contribution in [1.29, 1.82) is 0 Å². The van der Waals surface area contributed by atoms with Crippen LogP contribution in [-0.2, 0) is 6.54 Å². The Morgan fingerprint density at radius 1 is 1.08 bits per heavy atom. The molecule has 25 heavy (non-hydrogen) atoms. The number of rotatable bonds is 4. The van der Waals surface area contributed by atoms with Crippen molar-refractivity contribution in [3.63, 3.8) is 0 Å². The Labute approximate surface area is 144 Å².